The number of aryl methyl sites for hydroxylation is 1. The second-order valence-electron chi connectivity index (χ2n) is 7.23. The molecule has 1 saturated heterocycles. The van der Waals surface area contributed by atoms with Crippen LogP contribution < -0.4 is 5.69 Å². The first kappa shape index (κ1) is 15.4. The zero-order valence-corrected chi connectivity index (χ0v) is 14.6. The van der Waals surface area contributed by atoms with E-state index in [1.54, 1.807) is 27.3 Å². The summed E-state index contributed by atoms with van der Waals surface area (Å²) in [5, 5.41) is 7.18. The molecule has 8 heteroatoms. The number of hydrogen-bond acceptors (Lipinski definition) is 4. The third kappa shape index (κ3) is 2.28. The molecule has 0 aromatic carbocycles. The van der Waals surface area contributed by atoms with Crippen molar-refractivity contribution in [1.29, 1.82) is 0 Å². The molecule has 8 nitrogen and oxygen atoms in total. The van der Waals surface area contributed by atoms with Gasteiger partial charge in [0.25, 0.3) is 5.91 Å². The summed E-state index contributed by atoms with van der Waals surface area (Å²) in [4.78, 5) is 31.6. The van der Waals surface area contributed by atoms with Gasteiger partial charge in [0, 0.05) is 37.9 Å². The van der Waals surface area contributed by atoms with Crippen molar-refractivity contribution in [2.45, 2.75) is 31.2 Å². The van der Waals surface area contributed by atoms with E-state index in [2.05, 4.69) is 15.2 Å². The van der Waals surface area contributed by atoms with Gasteiger partial charge in [0.2, 0.25) is 0 Å². The first-order valence-corrected chi connectivity index (χ1v) is 9.00. The SMILES string of the molecule is Cn1c(=O)n([C@@H]2CCN(C(=O)c3cc(C4CC4)[nH]n3)C2)c2ncccc21. The molecule has 3 aromatic heterocycles. The summed E-state index contributed by atoms with van der Waals surface area (Å²) < 4.78 is 3.34. The molecule has 1 atom stereocenters. The molecule has 26 heavy (non-hydrogen) atoms. The van der Waals surface area contributed by atoms with Gasteiger partial charge >= 0.3 is 5.69 Å². The maximum atomic E-state index is 12.8. The molecule has 0 bridgehead atoms. The summed E-state index contributed by atoms with van der Waals surface area (Å²) in [5.41, 5.74) is 2.92. The number of carbonyl (C=O) groups excluding carboxylic acids is 1. The van der Waals surface area contributed by atoms with Crippen LogP contribution in [0.4, 0.5) is 0 Å². The van der Waals surface area contributed by atoms with Gasteiger partial charge in [-0.25, -0.2) is 9.78 Å². The quantitative estimate of drug-likeness (QED) is 0.772. The number of rotatable bonds is 3. The van der Waals surface area contributed by atoms with Gasteiger partial charge in [-0.05, 0) is 37.5 Å². The number of nitrogens with one attached hydrogen (secondary N) is 1. The van der Waals surface area contributed by atoms with Crippen LogP contribution in [-0.4, -0.2) is 48.2 Å². The Hall–Kier alpha value is -2.90. The molecule has 0 spiro atoms. The number of hydrogen-bond donors (Lipinski definition) is 1. The van der Waals surface area contributed by atoms with E-state index < -0.39 is 0 Å². The van der Waals surface area contributed by atoms with E-state index in [0.717, 1.165) is 17.6 Å². The molecule has 1 saturated carbocycles. The molecule has 134 valence electrons. The van der Waals surface area contributed by atoms with Crippen LogP contribution in [0.15, 0.2) is 29.2 Å². The summed E-state index contributed by atoms with van der Waals surface area (Å²) in [6.45, 7) is 1.12. The number of carbonyl (C=O) groups is 1. The molecular weight excluding hydrogens is 332 g/mol. The maximum Gasteiger partial charge on any atom is 0.330 e. The minimum absolute atomic E-state index is 0.0631. The second kappa shape index (κ2) is 5.55. The highest BCUT2D eigenvalue weighted by atomic mass is 16.2. The fourth-order valence-corrected chi connectivity index (χ4v) is 3.87. The summed E-state index contributed by atoms with van der Waals surface area (Å²) in [7, 11) is 1.75. The van der Waals surface area contributed by atoms with Crippen molar-refractivity contribution in [3.63, 3.8) is 0 Å². The van der Waals surface area contributed by atoms with Gasteiger partial charge in [0.1, 0.15) is 5.69 Å². The Bertz CT molecular complexity index is 1060. The second-order valence-corrected chi connectivity index (χ2v) is 7.23. The summed E-state index contributed by atoms with van der Waals surface area (Å²) in [6.07, 6.45) is 4.76. The Kier molecular flexibility index (Phi) is 3.28. The Balaban J connectivity index is 1.41. The lowest BCUT2D eigenvalue weighted by atomic mass is 10.2. The number of likely N-dealkylation sites (tertiary alicyclic amines) is 1. The molecule has 2 fully saturated rings. The Labute approximate surface area is 149 Å². The fraction of sp³-hybridized carbons (Fsp3) is 0.444. The van der Waals surface area contributed by atoms with Crippen molar-refractivity contribution in [2.24, 2.45) is 7.05 Å². The molecule has 1 aliphatic carbocycles. The van der Waals surface area contributed by atoms with E-state index in [9.17, 15) is 9.59 Å². The minimum Gasteiger partial charge on any atom is -0.335 e. The highest BCUT2D eigenvalue weighted by Gasteiger charge is 2.33. The van der Waals surface area contributed by atoms with Crippen LogP contribution in [0, 0.1) is 0 Å². The predicted molar refractivity (Wildman–Crippen MR) is 95.1 cm³/mol. The maximum absolute atomic E-state index is 12.8. The molecule has 3 aromatic rings. The van der Waals surface area contributed by atoms with Gasteiger partial charge in [0.05, 0.1) is 11.6 Å². The van der Waals surface area contributed by atoms with Crippen LogP contribution in [-0.2, 0) is 7.05 Å². The highest BCUT2D eigenvalue weighted by Crippen LogP contribution is 2.39. The first-order chi connectivity index (χ1) is 12.6. The zero-order valence-electron chi connectivity index (χ0n) is 14.6. The Morgan fingerprint density at radius 1 is 1.31 bits per heavy atom. The minimum atomic E-state index is -0.0891. The first-order valence-electron chi connectivity index (χ1n) is 9.00. The molecule has 1 N–H and O–H groups in total. The average molecular weight is 352 g/mol. The van der Waals surface area contributed by atoms with E-state index in [1.807, 2.05) is 18.2 Å². The molecule has 0 radical (unpaired) electrons. The molecule has 1 amide bonds. The van der Waals surface area contributed by atoms with Crippen LogP contribution in [0.3, 0.4) is 0 Å². The van der Waals surface area contributed by atoms with Gasteiger partial charge < -0.3 is 4.90 Å². The number of aromatic amines is 1. The van der Waals surface area contributed by atoms with Crippen molar-refractivity contribution in [1.82, 2.24) is 29.2 Å². The van der Waals surface area contributed by atoms with Gasteiger partial charge in [-0.1, -0.05) is 0 Å². The molecule has 5 rings (SSSR count). The summed E-state index contributed by atoms with van der Waals surface area (Å²) >= 11 is 0. The van der Waals surface area contributed by atoms with E-state index in [0.29, 0.717) is 30.3 Å². The topological polar surface area (TPSA) is 88.8 Å². The third-order valence-electron chi connectivity index (χ3n) is 5.50. The number of aromatic nitrogens is 5. The van der Waals surface area contributed by atoms with Gasteiger partial charge in [0.15, 0.2) is 5.65 Å². The van der Waals surface area contributed by atoms with Crippen LogP contribution in [0.25, 0.3) is 11.2 Å². The number of fused-ring (bicyclic) bond motifs is 1. The number of H-pyrrole nitrogens is 1. The van der Waals surface area contributed by atoms with E-state index in [1.165, 1.54) is 12.8 Å². The monoisotopic (exact) mass is 352 g/mol. The summed E-state index contributed by atoms with van der Waals surface area (Å²) in [5.74, 6) is 0.465. The van der Waals surface area contributed by atoms with Gasteiger partial charge in [-0.15, -0.1) is 0 Å². The Morgan fingerprint density at radius 2 is 2.15 bits per heavy atom. The van der Waals surface area contributed by atoms with Crippen molar-refractivity contribution in [3.05, 3.63) is 46.3 Å². The fourth-order valence-electron chi connectivity index (χ4n) is 3.87. The average Bonchev–Trinajstić information content (AvgIpc) is 3.10. The standard InChI is InChI=1S/C18H20N6O2/c1-22-15-3-2-7-19-16(15)24(18(22)26)12-6-8-23(10-12)17(25)14-9-13(20-21-14)11-4-5-11/h2-3,7,9,11-12H,4-6,8,10H2,1H3,(H,20,21)/t12-/m1/s1. The van der Waals surface area contributed by atoms with Crippen molar-refractivity contribution in [3.8, 4) is 0 Å². The molecule has 0 unspecified atom stereocenters. The molecule has 1 aliphatic heterocycles. The normalized spacial score (nSPS) is 20.2. The molecular formula is C18H20N6O2. The van der Waals surface area contributed by atoms with Crippen LogP contribution in [0.2, 0.25) is 0 Å². The van der Waals surface area contributed by atoms with Crippen molar-refractivity contribution in [2.75, 3.05) is 13.1 Å². The number of pyridine rings is 1. The third-order valence-corrected chi connectivity index (χ3v) is 5.50. The van der Waals surface area contributed by atoms with Crippen molar-refractivity contribution < 1.29 is 4.79 Å². The van der Waals surface area contributed by atoms with Crippen LogP contribution in [0.1, 0.15) is 47.4 Å². The lowest BCUT2D eigenvalue weighted by molar-refractivity contribution is 0.0782. The van der Waals surface area contributed by atoms with E-state index in [-0.39, 0.29) is 17.6 Å². The predicted octanol–water partition coefficient (Wildman–Crippen LogP) is 1.42. The van der Waals surface area contributed by atoms with E-state index >= 15 is 0 Å². The summed E-state index contributed by atoms with van der Waals surface area (Å²) in [6, 6.07) is 5.53. The molecule has 2 aliphatic rings. The van der Waals surface area contributed by atoms with Crippen LogP contribution >= 0.6 is 0 Å². The van der Waals surface area contributed by atoms with Crippen LogP contribution in [0.5, 0.6) is 0 Å². The van der Waals surface area contributed by atoms with Gasteiger partial charge in [-0.3, -0.25) is 19.0 Å². The van der Waals surface area contributed by atoms with E-state index in [4.69, 9.17) is 0 Å². The number of imidazole rings is 1. The highest BCUT2D eigenvalue weighted by molar-refractivity contribution is 5.92. The van der Waals surface area contributed by atoms with Gasteiger partial charge in [-0.2, -0.15) is 5.10 Å². The lowest BCUT2D eigenvalue weighted by Crippen LogP contribution is -2.32. The molecule has 4 heterocycles. The smallest absolute Gasteiger partial charge is 0.330 e. The lowest BCUT2D eigenvalue weighted by Gasteiger charge is -2.15. The largest absolute Gasteiger partial charge is 0.335 e. The zero-order chi connectivity index (χ0) is 17.8. The van der Waals surface area contributed by atoms with Crippen molar-refractivity contribution >= 4 is 17.1 Å². The number of nitrogens with zero attached hydrogens (tertiary/aromatic N) is 5. The Morgan fingerprint density at radius 3 is 2.96 bits per heavy atom. The number of amides is 1.